The number of carbonyl (C=O) groups excluding carboxylic acids is 3. The molecule has 0 bridgehead atoms. The molecular formula is C24H21F2N5O3. The smallest absolute Gasteiger partial charge is 0.270 e. The number of aromatic nitrogens is 1. The average molecular weight is 465 g/mol. The SMILES string of the molecule is CN(CC(=O)N1CC(C(=O)Nc2ccccc2)CC1C#N)C(=O)c1cc2cc(F)cc(F)c2[nH]1. The van der Waals surface area contributed by atoms with Gasteiger partial charge in [0, 0.05) is 30.7 Å². The van der Waals surface area contributed by atoms with Crippen LogP contribution < -0.4 is 5.32 Å². The van der Waals surface area contributed by atoms with Crippen molar-refractivity contribution in [3.63, 3.8) is 0 Å². The van der Waals surface area contributed by atoms with E-state index in [1.165, 1.54) is 18.0 Å². The Kier molecular flexibility index (Phi) is 6.27. The minimum atomic E-state index is -0.832. The molecule has 10 heteroatoms. The summed E-state index contributed by atoms with van der Waals surface area (Å²) in [6, 6.07) is 13.2. The van der Waals surface area contributed by atoms with Crippen molar-refractivity contribution in [2.75, 3.05) is 25.5 Å². The number of carbonyl (C=O) groups is 3. The first-order valence-electron chi connectivity index (χ1n) is 10.5. The number of hydrogen-bond donors (Lipinski definition) is 2. The summed E-state index contributed by atoms with van der Waals surface area (Å²) in [6.07, 6.45) is 0.186. The number of likely N-dealkylation sites (tertiary alicyclic amines) is 1. The Bertz CT molecular complexity index is 1300. The Morgan fingerprint density at radius 3 is 2.65 bits per heavy atom. The molecule has 2 N–H and O–H groups in total. The van der Waals surface area contributed by atoms with Crippen molar-refractivity contribution in [1.29, 1.82) is 5.26 Å². The average Bonchev–Trinajstić information content (AvgIpc) is 3.44. The van der Waals surface area contributed by atoms with E-state index < -0.39 is 35.4 Å². The topological polar surface area (TPSA) is 109 Å². The van der Waals surface area contributed by atoms with Gasteiger partial charge in [0.15, 0.2) is 0 Å². The van der Waals surface area contributed by atoms with Crippen molar-refractivity contribution in [3.05, 3.63) is 65.9 Å². The van der Waals surface area contributed by atoms with Gasteiger partial charge in [0.2, 0.25) is 11.8 Å². The molecule has 0 aliphatic carbocycles. The molecule has 2 atom stereocenters. The highest BCUT2D eigenvalue weighted by Gasteiger charge is 2.39. The first kappa shape index (κ1) is 22.9. The van der Waals surface area contributed by atoms with Crippen molar-refractivity contribution in [2.45, 2.75) is 12.5 Å². The molecule has 3 aromatic rings. The molecular weight excluding hydrogens is 444 g/mol. The summed E-state index contributed by atoms with van der Waals surface area (Å²) in [5, 5.41) is 12.5. The Balaban J connectivity index is 1.42. The molecule has 3 amide bonds. The van der Waals surface area contributed by atoms with Gasteiger partial charge in [-0.15, -0.1) is 0 Å². The van der Waals surface area contributed by atoms with E-state index in [1.54, 1.807) is 24.3 Å². The van der Waals surface area contributed by atoms with Crippen LogP contribution in [0.15, 0.2) is 48.5 Å². The zero-order valence-electron chi connectivity index (χ0n) is 18.2. The van der Waals surface area contributed by atoms with E-state index in [-0.39, 0.29) is 42.0 Å². The van der Waals surface area contributed by atoms with Crippen molar-refractivity contribution in [2.24, 2.45) is 5.92 Å². The number of fused-ring (bicyclic) bond motifs is 1. The van der Waals surface area contributed by atoms with Gasteiger partial charge in [-0.05, 0) is 30.7 Å². The number of nitrogens with zero attached hydrogens (tertiary/aromatic N) is 3. The van der Waals surface area contributed by atoms with Crippen molar-refractivity contribution < 1.29 is 23.2 Å². The van der Waals surface area contributed by atoms with E-state index in [0.717, 1.165) is 11.0 Å². The highest BCUT2D eigenvalue weighted by atomic mass is 19.1. The van der Waals surface area contributed by atoms with Crippen LogP contribution in [0.3, 0.4) is 0 Å². The summed E-state index contributed by atoms with van der Waals surface area (Å²) in [5.41, 5.74) is 0.597. The maximum atomic E-state index is 13.9. The largest absolute Gasteiger partial charge is 0.348 e. The van der Waals surface area contributed by atoms with E-state index in [4.69, 9.17) is 0 Å². The van der Waals surface area contributed by atoms with Gasteiger partial charge in [-0.2, -0.15) is 5.26 Å². The molecule has 1 aliphatic heterocycles. The molecule has 1 aromatic heterocycles. The summed E-state index contributed by atoms with van der Waals surface area (Å²) < 4.78 is 27.4. The zero-order chi connectivity index (χ0) is 24.4. The number of para-hydroxylation sites is 1. The molecule has 2 unspecified atom stereocenters. The van der Waals surface area contributed by atoms with Crippen LogP contribution >= 0.6 is 0 Å². The number of aromatic amines is 1. The lowest BCUT2D eigenvalue weighted by Crippen LogP contribution is -2.43. The number of rotatable bonds is 5. The Morgan fingerprint density at radius 1 is 1.21 bits per heavy atom. The van der Waals surface area contributed by atoms with Crippen LogP contribution in [-0.4, -0.2) is 58.7 Å². The molecule has 34 heavy (non-hydrogen) atoms. The van der Waals surface area contributed by atoms with Gasteiger partial charge in [-0.25, -0.2) is 8.78 Å². The first-order chi connectivity index (χ1) is 16.3. The fraction of sp³-hybridized carbons (Fsp3) is 0.250. The lowest BCUT2D eigenvalue weighted by Gasteiger charge is -2.23. The number of hydrogen-bond acceptors (Lipinski definition) is 4. The molecule has 2 aromatic carbocycles. The molecule has 0 spiro atoms. The number of benzene rings is 2. The summed E-state index contributed by atoms with van der Waals surface area (Å²) >= 11 is 0. The van der Waals surface area contributed by atoms with E-state index in [1.807, 2.05) is 12.1 Å². The predicted octanol–water partition coefficient (Wildman–Crippen LogP) is 2.90. The lowest BCUT2D eigenvalue weighted by molar-refractivity contribution is -0.131. The quantitative estimate of drug-likeness (QED) is 0.604. The molecule has 2 heterocycles. The van der Waals surface area contributed by atoms with Gasteiger partial charge in [-0.1, -0.05) is 18.2 Å². The normalized spacial score (nSPS) is 17.4. The lowest BCUT2D eigenvalue weighted by atomic mass is 10.1. The van der Waals surface area contributed by atoms with Crippen molar-refractivity contribution >= 4 is 34.3 Å². The van der Waals surface area contributed by atoms with Crippen LogP contribution in [0.5, 0.6) is 0 Å². The van der Waals surface area contributed by atoms with Gasteiger partial charge < -0.3 is 20.1 Å². The van der Waals surface area contributed by atoms with Crippen LogP contribution in [0.4, 0.5) is 14.5 Å². The zero-order valence-corrected chi connectivity index (χ0v) is 18.2. The van der Waals surface area contributed by atoms with E-state index >= 15 is 0 Å². The Labute approximate surface area is 193 Å². The van der Waals surface area contributed by atoms with Crippen LogP contribution in [0.1, 0.15) is 16.9 Å². The van der Waals surface area contributed by atoms with E-state index in [0.29, 0.717) is 11.8 Å². The maximum Gasteiger partial charge on any atom is 0.270 e. The third-order valence-electron chi connectivity index (χ3n) is 5.78. The summed E-state index contributed by atoms with van der Waals surface area (Å²) in [5.74, 6) is -3.56. The third kappa shape index (κ3) is 4.59. The third-order valence-corrected chi connectivity index (χ3v) is 5.78. The van der Waals surface area contributed by atoms with Crippen LogP contribution in [0.2, 0.25) is 0 Å². The van der Waals surface area contributed by atoms with Gasteiger partial charge in [0.1, 0.15) is 23.4 Å². The molecule has 0 saturated carbocycles. The van der Waals surface area contributed by atoms with Crippen LogP contribution in [0.25, 0.3) is 10.9 Å². The number of H-pyrrole nitrogens is 1. The van der Waals surface area contributed by atoms with E-state index in [9.17, 15) is 28.4 Å². The maximum absolute atomic E-state index is 13.9. The number of halogens is 2. The second kappa shape index (κ2) is 9.31. The summed E-state index contributed by atoms with van der Waals surface area (Å²) in [6.45, 7) is -0.301. The highest BCUT2D eigenvalue weighted by Crippen LogP contribution is 2.25. The Hall–Kier alpha value is -4.26. The van der Waals surface area contributed by atoms with Gasteiger partial charge >= 0.3 is 0 Å². The predicted molar refractivity (Wildman–Crippen MR) is 119 cm³/mol. The monoisotopic (exact) mass is 465 g/mol. The summed E-state index contributed by atoms with van der Waals surface area (Å²) in [4.78, 5) is 43.3. The molecule has 1 saturated heterocycles. The minimum Gasteiger partial charge on any atom is -0.348 e. The molecule has 4 rings (SSSR count). The van der Waals surface area contributed by atoms with E-state index in [2.05, 4.69) is 10.3 Å². The number of amides is 3. The second-order valence-electron chi connectivity index (χ2n) is 8.17. The second-order valence-corrected chi connectivity index (χ2v) is 8.17. The number of anilines is 1. The van der Waals surface area contributed by atoms with Crippen LogP contribution in [-0.2, 0) is 9.59 Å². The van der Waals surface area contributed by atoms with Crippen LogP contribution in [0, 0.1) is 28.9 Å². The highest BCUT2D eigenvalue weighted by molar-refractivity contribution is 5.99. The molecule has 1 aliphatic rings. The van der Waals surface area contributed by atoms with Gasteiger partial charge in [-0.3, -0.25) is 14.4 Å². The standard InChI is InChI=1S/C24H21F2N5O3/c1-30(24(34)20-9-14-7-16(25)10-19(26)22(14)29-20)13-21(32)31-12-15(8-18(31)11-27)23(33)28-17-5-3-2-4-6-17/h2-7,9-10,15,18,29H,8,12-13H2,1H3,(H,28,33). The van der Waals surface area contributed by atoms with Crippen molar-refractivity contribution in [3.8, 4) is 6.07 Å². The number of nitrogens with one attached hydrogen (secondary N) is 2. The fourth-order valence-corrected chi connectivity index (χ4v) is 4.04. The number of nitriles is 1. The minimum absolute atomic E-state index is 0.00632. The van der Waals surface area contributed by atoms with Crippen molar-refractivity contribution in [1.82, 2.24) is 14.8 Å². The molecule has 8 nitrogen and oxygen atoms in total. The number of likely N-dealkylation sites (N-methyl/N-ethyl adjacent to an activating group) is 1. The fourth-order valence-electron chi connectivity index (χ4n) is 4.04. The molecule has 0 radical (unpaired) electrons. The van der Waals surface area contributed by atoms with Gasteiger partial charge in [0.25, 0.3) is 5.91 Å². The first-order valence-corrected chi connectivity index (χ1v) is 10.5. The summed E-state index contributed by atoms with van der Waals surface area (Å²) in [7, 11) is 1.39. The molecule has 1 fully saturated rings. The van der Waals surface area contributed by atoms with Gasteiger partial charge in [0.05, 0.1) is 24.0 Å². The molecule has 174 valence electrons. The Morgan fingerprint density at radius 2 is 1.94 bits per heavy atom.